The Hall–Kier alpha value is -2.20. The maximum Gasteiger partial charge on any atom is 0.263 e. The van der Waals surface area contributed by atoms with Gasteiger partial charge in [0.2, 0.25) is 0 Å². The van der Waals surface area contributed by atoms with Gasteiger partial charge in [0, 0.05) is 30.6 Å². The van der Waals surface area contributed by atoms with Crippen LogP contribution in [0.5, 0.6) is 0 Å². The molecule has 3 rings (SSSR count). The summed E-state index contributed by atoms with van der Waals surface area (Å²) >= 11 is 7.63. The number of aromatic nitrogens is 1. The SMILES string of the molecule is CCCN(CCNc1ccc(S(=O)(=O)Nc2cscn2)cc1Cl)Cc1cc(C)ccc1F. The van der Waals surface area contributed by atoms with E-state index in [9.17, 15) is 12.8 Å². The van der Waals surface area contributed by atoms with E-state index in [0.29, 0.717) is 35.9 Å². The minimum absolute atomic E-state index is 0.0589. The third kappa shape index (κ3) is 6.65. The predicted molar refractivity (Wildman–Crippen MR) is 130 cm³/mol. The first-order valence-electron chi connectivity index (χ1n) is 10.2. The lowest BCUT2D eigenvalue weighted by molar-refractivity contribution is 0.272. The molecular formula is C22H26ClFN4O2S2. The first kappa shape index (κ1) is 24.4. The summed E-state index contributed by atoms with van der Waals surface area (Å²) < 4.78 is 41.6. The van der Waals surface area contributed by atoms with Gasteiger partial charge in [0.15, 0.2) is 5.82 Å². The minimum Gasteiger partial charge on any atom is -0.383 e. The number of benzene rings is 2. The lowest BCUT2D eigenvalue weighted by Crippen LogP contribution is -2.30. The zero-order chi connectivity index (χ0) is 23.1. The van der Waals surface area contributed by atoms with Crippen LogP contribution in [0.25, 0.3) is 0 Å². The average molecular weight is 497 g/mol. The summed E-state index contributed by atoms with van der Waals surface area (Å²) in [6.45, 7) is 6.66. The number of aryl methyl sites for hydroxylation is 1. The van der Waals surface area contributed by atoms with E-state index in [-0.39, 0.29) is 16.5 Å². The molecule has 2 aromatic carbocycles. The van der Waals surface area contributed by atoms with Crippen LogP contribution in [0.15, 0.2) is 52.2 Å². The van der Waals surface area contributed by atoms with Gasteiger partial charge in [0.25, 0.3) is 10.0 Å². The molecule has 2 N–H and O–H groups in total. The van der Waals surface area contributed by atoms with Crippen LogP contribution in [0, 0.1) is 12.7 Å². The molecule has 10 heteroatoms. The van der Waals surface area contributed by atoms with Crippen molar-refractivity contribution in [2.75, 3.05) is 29.7 Å². The number of thiazole rings is 1. The molecule has 0 aliphatic rings. The average Bonchev–Trinajstić information content (AvgIpc) is 3.24. The molecule has 0 unspecified atom stereocenters. The standard InChI is InChI=1S/C22H26ClFN4O2S2/c1-3-9-28(13-17-11-16(2)4-6-20(17)24)10-8-25-21-7-5-18(12-19(21)23)32(29,30)27-22-14-31-15-26-22/h4-7,11-12,14-15,25,27H,3,8-10,13H2,1-2H3. The van der Waals surface area contributed by atoms with Crippen LogP contribution in [-0.4, -0.2) is 37.9 Å². The summed E-state index contributed by atoms with van der Waals surface area (Å²) in [5.74, 6) is 0.0742. The Labute approximate surface area is 197 Å². The molecule has 0 radical (unpaired) electrons. The molecular weight excluding hydrogens is 471 g/mol. The van der Waals surface area contributed by atoms with E-state index < -0.39 is 10.0 Å². The van der Waals surface area contributed by atoms with Crippen LogP contribution >= 0.6 is 22.9 Å². The second kappa shape index (κ2) is 11.1. The summed E-state index contributed by atoms with van der Waals surface area (Å²) in [6, 6.07) is 9.69. The van der Waals surface area contributed by atoms with Crippen molar-refractivity contribution in [1.29, 1.82) is 0 Å². The third-order valence-corrected chi connectivity index (χ3v) is 7.05. The smallest absolute Gasteiger partial charge is 0.263 e. The maximum atomic E-state index is 14.1. The number of nitrogens with zero attached hydrogens (tertiary/aromatic N) is 2. The molecule has 3 aromatic rings. The van der Waals surface area contributed by atoms with E-state index in [1.165, 1.54) is 29.5 Å². The zero-order valence-corrected chi connectivity index (χ0v) is 20.3. The van der Waals surface area contributed by atoms with Gasteiger partial charge in [0.05, 0.1) is 21.1 Å². The van der Waals surface area contributed by atoms with Crippen LogP contribution in [0.3, 0.4) is 0 Å². The van der Waals surface area contributed by atoms with Gasteiger partial charge in [0.1, 0.15) is 5.82 Å². The third-order valence-electron chi connectivity index (χ3n) is 4.80. The van der Waals surface area contributed by atoms with Crippen molar-refractivity contribution >= 4 is 44.5 Å². The topological polar surface area (TPSA) is 74.3 Å². The molecule has 6 nitrogen and oxygen atoms in total. The van der Waals surface area contributed by atoms with Crippen molar-refractivity contribution in [2.45, 2.75) is 31.7 Å². The van der Waals surface area contributed by atoms with Gasteiger partial charge in [-0.1, -0.05) is 36.2 Å². The van der Waals surface area contributed by atoms with Crippen molar-refractivity contribution in [3.63, 3.8) is 0 Å². The molecule has 1 heterocycles. The second-order valence-corrected chi connectivity index (χ2v) is 10.2. The van der Waals surface area contributed by atoms with E-state index in [1.54, 1.807) is 23.0 Å². The first-order chi connectivity index (χ1) is 15.3. The summed E-state index contributed by atoms with van der Waals surface area (Å²) in [4.78, 5) is 6.17. The van der Waals surface area contributed by atoms with E-state index in [2.05, 4.69) is 26.8 Å². The number of sulfonamides is 1. The highest BCUT2D eigenvalue weighted by molar-refractivity contribution is 7.92. The predicted octanol–water partition coefficient (Wildman–Crippen LogP) is 5.37. The highest BCUT2D eigenvalue weighted by Gasteiger charge is 2.17. The fourth-order valence-corrected chi connectivity index (χ4v) is 5.16. The lowest BCUT2D eigenvalue weighted by atomic mass is 10.1. The van der Waals surface area contributed by atoms with Crippen LogP contribution in [0.1, 0.15) is 24.5 Å². The number of nitrogens with one attached hydrogen (secondary N) is 2. The molecule has 172 valence electrons. The number of hydrogen-bond donors (Lipinski definition) is 2. The Balaban J connectivity index is 1.61. The van der Waals surface area contributed by atoms with Crippen LogP contribution < -0.4 is 10.0 Å². The van der Waals surface area contributed by atoms with Crippen molar-refractivity contribution in [3.8, 4) is 0 Å². The number of anilines is 2. The van der Waals surface area contributed by atoms with Crippen LogP contribution in [0.4, 0.5) is 15.9 Å². The van der Waals surface area contributed by atoms with Gasteiger partial charge in [-0.25, -0.2) is 17.8 Å². The Morgan fingerprint density at radius 2 is 2.00 bits per heavy atom. The van der Waals surface area contributed by atoms with Gasteiger partial charge < -0.3 is 5.32 Å². The van der Waals surface area contributed by atoms with Gasteiger partial charge in [-0.15, -0.1) is 11.3 Å². The first-order valence-corrected chi connectivity index (χ1v) is 13.0. The summed E-state index contributed by atoms with van der Waals surface area (Å²) in [5.41, 5.74) is 3.89. The summed E-state index contributed by atoms with van der Waals surface area (Å²) in [5, 5.41) is 5.16. The van der Waals surface area contributed by atoms with Crippen LogP contribution in [0.2, 0.25) is 5.02 Å². The van der Waals surface area contributed by atoms with Gasteiger partial charge in [-0.2, -0.15) is 0 Å². The molecule has 0 saturated heterocycles. The molecule has 0 spiro atoms. The second-order valence-electron chi connectivity index (χ2n) is 7.42. The van der Waals surface area contributed by atoms with Gasteiger partial charge in [-0.05, 0) is 44.2 Å². The quantitative estimate of drug-likeness (QED) is 0.373. The Morgan fingerprint density at radius 1 is 1.19 bits per heavy atom. The molecule has 1 aromatic heterocycles. The van der Waals surface area contributed by atoms with Gasteiger partial charge >= 0.3 is 0 Å². The Bertz CT molecular complexity index is 1140. The monoisotopic (exact) mass is 496 g/mol. The van der Waals surface area contributed by atoms with Crippen LogP contribution in [-0.2, 0) is 16.6 Å². The fraction of sp³-hybridized carbons (Fsp3) is 0.318. The Morgan fingerprint density at radius 3 is 2.69 bits per heavy atom. The van der Waals surface area contributed by atoms with Crippen molar-refractivity contribution in [1.82, 2.24) is 9.88 Å². The highest BCUT2D eigenvalue weighted by Crippen LogP contribution is 2.26. The molecule has 0 bridgehead atoms. The lowest BCUT2D eigenvalue weighted by Gasteiger charge is -2.23. The molecule has 0 saturated carbocycles. The van der Waals surface area contributed by atoms with E-state index in [1.807, 2.05) is 13.0 Å². The molecule has 0 aliphatic heterocycles. The van der Waals surface area contributed by atoms with E-state index in [0.717, 1.165) is 18.5 Å². The fourth-order valence-electron chi connectivity index (χ4n) is 3.27. The minimum atomic E-state index is -3.77. The van der Waals surface area contributed by atoms with Gasteiger partial charge in [-0.3, -0.25) is 9.62 Å². The van der Waals surface area contributed by atoms with E-state index >= 15 is 0 Å². The Kier molecular flexibility index (Phi) is 8.47. The molecule has 0 fully saturated rings. The summed E-state index contributed by atoms with van der Waals surface area (Å²) in [7, 11) is -3.77. The van der Waals surface area contributed by atoms with Crippen molar-refractivity contribution in [2.24, 2.45) is 0 Å². The molecule has 0 atom stereocenters. The molecule has 32 heavy (non-hydrogen) atoms. The van der Waals surface area contributed by atoms with E-state index in [4.69, 9.17) is 11.6 Å². The summed E-state index contributed by atoms with van der Waals surface area (Å²) in [6.07, 6.45) is 0.951. The maximum absolute atomic E-state index is 14.1. The molecule has 0 amide bonds. The normalized spacial score (nSPS) is 11.7. The number of rotatable bonds is 11. The largest absolute Gasteiger partial charge is 0.383 e. The van der Waals surface area contributed by atoms with Crippen molar-refractivity contribution < 1.29 is 12.8 Å². The highest BCUT2D eigenvalue weighted by atomic mass is 35.5. The zero-order valence-electron chi connectivity index (χ0n) is 17.9. The molecule has 0 aliphatic carbocycles. The number of hydrogen-bond acceptors (Lipinski definition) is 6. The number of halogens is 2. The van der Waals surface area contributed by atoms with Crippen molar-refractivity contribution in [3.05, 3.63) is 69.3 Å².